The molecule has 0 aromatic carbocycles. The van der Waals surface area contributed by atoms with E-state index in [4.69, 9.17) is 11.6 Å². The van der Waals surface area contributed by atoms with E-state index in [1.165, 1.54) is 19.3 Å². The zero-order valence-electron chi connectivity index (χ0n) is 11.0. The first-order valence-electron chi connectivity index (χ1n) is 6.83. The van der Waals surface area contributed by atoms with Gasteiger partial charge in [0.2, 0.25) is 5.95 Å². The van der Waals surface area contributed by atoms with E-state index in [1.54, 1.807) is 0 Å². The fourth-order valence-corrected chi connectivity index (χ4v) is 2.64. The van der Waals surface area contributed by atoms with Gasteiger partial charge in [-0.2, -0.15) is 13.2 Å². The van der Waals surface area contributed by atoms with Gasteiger partial charge in [0.1, 0.15) is 10.7 Å². The van der Waals surface area contributed by atoms with Gasteiger partial charge in [-0.05, 0) is 12.8 Å². The van der Waals surface area contributed by atoms with E-state index in [9.17, 15) is 13.2 Å². The minimum Gasteiger partial charge on any atom is -0.351 e. The highest BCUT2D eigenvalue weighted by atomic mass is 35.5. The van der Waals surface area contributed by atoms with Gasteiger partial charge < -0.3 is 5.32 Å². The molecular formula is C13H17ClF3N3. The first-order valence-corrected chi connectivity index (χ1v) is 7.21. The summed E-state index contributed by atoms with van der Waals surface area (Å²) in [7, 11) is 0. The third-order valence-electron chi connectivity index (χ3n) is 3.49. The summed E-state index contributed by atoms with van der Waals surface area (Å²) in [6, 6.07) is 0.211. The second kappa shape index (κ2) is 6.61. The van der Waals surface area contributed by atoms with E-state index in [0.29, 0.717) is 0 Å². The number of rotatable bonds is 2. The molecule has 1 fully saturated rings. The van der Waals surface area contributed by atoms with Gasteiger partial charge in [0.05, 0.1) is 0 Å². The van der Waals surface area contributed by atoms with Crippen molar-refractivity contribution in [1.29, 1.82) is 0 Å². The van der Waals surface area contributed by atoms with Gasteiger partial charge in [-0.15, -0.1) is 0 Å². The highest BCUT2D eigenvalue weighted by Gasteiger charge is 2.34. The third kappa shape index (κ3) is 4.23. The van der Waals surface area contributed by atoms with E-state index in [2.05, 4.69) is 15.3 Å². The van der Waals surface area contributed by atoms with Crippen LogP contribution in [0.4, 0.5) is 19.1 Å². The number of anilines is 1. The first kappa shape index (κ1) is 15.4. The van der Waals surface area contributed by atoms with Gasteiger partial charge in [-0.25, -0.2) is 9.97 Å². The van der Waals surface area contributed by atoms with Gasteiger partial charge >= 0.3 is 6.18 Å². The molecule has 0 atom stereocenters. The largest absolute Gasteiger partial charge is 0.420 e. The second-order valence-corrected chi connectivity index (χ2v) is 5.44. The Labute approximate surface area is 120 Å². The van der Waals surface area contributed by atoms with Crippen LogP contribution in [0, 0.1) is 0 Å². The molecule has 112 valence electrons. The number of halogens is 4. The Morgan fingerprint density at radius 1 is 1.10 bits per heavy atom. The Hall–Kier alpha value is -1.04. The fraction of sp³-hybridized carbons (Fsp3) is 0.692. The number of hydrogen-bond donors (Lipinski definition) is 1. The van der Waals surface area contributed by atoms with Gasteiger partial charge in [-0.3, -0.25) is 0 Å². The van der Waals surface area contributed by atoms with Crippen molar-refractivity contribution in [3.8, 4) is 0 Å². The molecule has 1 saturated carbocycles. The Balaban J connectivity index is 2.04. The zero-order chi connectivity index (χ0) is 14.6. The molecule has 1 N–H and O–H groups in total. The molecule has 1 aliphatic rings. The zero-order valence-corrected chi connectivity index (χ0v) is 11.8. The van der Waals surface area contributed by atoms with Crippen LogP contribution in [0.3, 0.4) is 0 Å². The summed E-state index contributed by atoms with van der Waals surface area (Å²) in [5.41, 5.74) is -0.998. The molecule has 0 spiro atoms. The number of aromatic nitrogens is 2. The second-order valence-electron chi connectivity index (χ2n) is 5.08. The van der Waals surface area contributed by atoms with Gasteiger partial charge in [0, 0.05) is 12.2 Å². The molecule has 2 rings (SSSR count). The molecule has 0 aliphatic heterocycles. The summed E-state index contributed by atoms with van der Waals surface area (Å²) >= 11 is 5.58. The van der Waals surface area contributed by atoms with Crippen molar-refractivity contribution in [1.82, 2.24) is 9.97 Å². The highest BCUT2D eigenvalue weighted by molar-refractivity contribution is 6.30. The smallest absolute Gasteiger partial charge is 0.351 e. The number of alkyl halides is 3. The van der Waals surface area contributed by atoms with Gasteiger partial charge in [-0.1, -0.05) is 43.7 Å². The fourth-order valence-electron chi connectivity index (χ4n) is 2.40. The van der Waals surface area contributed by atoms with Crippen LogP contribution >= 0.6 is 11.6 Å². The maximum atomic E-state index is 12.6. The number of nitrogens with zero attached hydrogens (tertiary/aromatic N) is 2. The minimum atomic E-state index is -4.52. The molecule has 7 heteroatoms. The third-order valence-corrected chi connectivity index (χ3v) is 3.77. The Morgan fingerprint density at radius 3 is 2.25 bits per heavy atom. The quantitative estimate of drug-likeness (QED) is 0.807. The van der Waals surface area contributed by atoms with E-state index < -0.39 is 16.9 Å². The van der Waals surface area contributed by atoms with Crippen LogP contribution in [0.25, 0.3) is 0 Å². The van der Waals surface area contributed by atoms with E-state index in [-0.39, 0.29) is 12.0 Å². The van der Waals surface area contributed by atoms with Crippen molar-refractivity contribution in [3.63, 3.8) is 0 Å². The lowest BCUT2D eigenvalue weighted by atomic mass is 9.97. The average molecular weight is 308 g/mol. The van der Waals surface area contributed by atoms with Crippen molar-refractivity contribution in [2.45, 2.75) is 57.2 Å². The maximum Gasteiger partial charge on any atom is 0.420 e. The van der Waals surface area contributed by atoms with Gasteiger partial charge in [0.25, 0.3) is 0 Å². The molecule has 0 amide bonds. The Bertz CT molecular complexity index is 443. The molecule has 0 bridgehead atoms. The maximum absolute atomic E-state index is 12.6. The molecule has 1 aromatic heterocycles. The molecule has 0 unspecified atom stereocenters. The SMILES string of the molecule is FC(F)(F)c1cnc(NC2CCCCCCC2)nc1Cl. The summed E-state index contributed by atoms with van der Waals surface area (Å²) in [6.45, 7) is 0. The molecule has 3 nitrogen and oxygen atoms in total. The normalized spacial score (nSPS) is 18.4. The van der Waals surface area contributed by atoms with Crippen LogP contribution in [-0.4, -0.2) is 16.0 Å². The summed E-state index contributed by atoms with van der Waals surface area (Å²) in [5.74, 6) is 0.175. The standard InChI is InChI=1S/C13H17ClF3N3/c14-11-10(13(15,16)17)8-18-12(20-11)19-9-6-4-2-1-3-5-7-9/h8-9H,1-7H2,(H,18,19,20). The van der Waals surface area contributed by atoms with Crippen LogP contribution in [0.2, 0.25) is 5.15 Å². The highest BCUT2D eigenvalue weighted by Crippen LogP contribution is 2.33. The van der Waals surface area contributed by atoms with Crippen molar-refractivity contribution in [2.24, 2.45) is 0 Å². The molecule has 1 aliphatic carbocycles. The van der Waals surface area contributed by atoms with E-state index >= 15 is 0 Å². The van der Waals surface area contributed by atoms with Gasteiger partial charge in [0.15, 0.2) is 0 Å². The monoisotopic (exact) mass is 307 g/mol. The molecular weight excluding hydrogens is 291 g/mol. The molecule has 0 saturated heterocycles. The van der Waals surface area contributed by atoms with Crippen LogP contribution < -0.4 is 5.32 Å². The molecule has 1 aromatic rings. The summed E-state index contributed by atoms with van der Waals surface area (Å²) in [4.78, 5) is 7.44. The van der Waals surface area contributed by atoms with Crippen molar-refractivity contribution < 1.29 is 13.2 Å². The topological polar surface area (TPSA) is 37.8 Å². The first-order chi connectivity index (χ1) is 9.47. The van der Waals surface area contributed by atoms with Crippen LogP contribution in [-0.2, 0) is 6.18 Å². The predicted octanol–water partition coefficient (Wildman–Crippen LogP) is 4.67. The Kier molecular flexibility index (Phi) is 5.07. The van der Waals surface area contributed by atoms with Crippen LogP contribution in [0.1, 0.15) is 50.5 Å². The molecule has 0 radical (unpaired) electrons. The van der Waals surface area contributed by atoms with E-state index in [1.807, 2.05) is 0 Å². The Morgan fingerprint density at radius 2 is 1.70 bits per heavy atom. The summed E-state index contributed by atoms with van der Waals surface area (Å²) < 4.78 is 37.7. The minimum absolute atomic E-state index is 0.175. The van der Waals surface area contributed by atoms with Crippen LogP contribution in [0.15, 0.2) is 6.20 Å². The number of nitrogens with one attached hydrogen (secondary N) is 1. The van der Waals surface area contributed by atoms with Crippen molar-refractivity contribution in [3.05, 3.63) is 16.9 Å². The molecule has 20 heavy (non-hydrogen) atoms. The van der Waals surface area contributed by atoms with E-state index in [0.717, 1.165) is 31.9 Å². The average Bonchev–Trinajstić information content (AvgIpc) is 2.31. The predicted molar refractivity (Wildman–Crippen MR) is 71.8 cm³/mol. The summed E-state index contributed by atoms with van der Waals surface area (Å²) in [6.07, 6.45) is 4.09. The van der Waals surface area contributed by atoms with Crippen molar-refractivity contribution in [2.75, 3.05) is 5.32 Å². The molecule has 1 heterocycles. The summed E-state index contributed by atoms with van der Waals surface area (Å²) in [5, 5.41) is 2.54. The van der Waals surface area contributed by atoms with Crippen LogP contribution in [0.5, 0.6) is 0 Å². The lowest BCUT2D eigenvalue weighted by Gasteiger charge is -2.21. The van der Waals surface area contributed by atoms with Crippen molar-refractivity contribution >= 4 is 17.5 Å². The lowest BCUT2D eigenvalue weighted by Crippen LogP contribution is -2.22. The lowest BCUT2D eigenvalue weighted by molar-refractivity contribution is -0.137. The number of hydrogen-bond acceptors (Lipinski definition) is 3.